The first kappa shape index (κ1) is 30.4. The van der Waals surface area contributed by atoms with Gasteiger partial charge in [-0.15, -0.1) is 0 Å². The van der Waals surface area contributed by atoms with Crippen LogP contribution >= 0.6 is 0 Å². The van der Waals surface area contributed by atoms with Gasteiger partial charge >= 0.3 is 17.4 Å². The fourth-order valence-corrected chi connectivity index (χ4v) is 12.0. The lowest BCUT2D eigenvalue weighted by Gasteiger charge is -2.32. The van der Waals surface area contributed by atoms with E-state index in [9.17, 15) is 0 Å². The van der Waals surface area contributed by atoms with Gasteiger partial charge in [0.05, 0.1) is 0 Å². The van der Waals surface area contributed by atoms with Crippen LogP contribution in [0.5, 0.6) is 0 Å². The number of unbranched alkanes of at least 4 members (excludes halogenated alkanes) is 4. The Labute approximate surface area is 191 Å². The standard InChI is InChI=1S/C20H50N2O5Si3/c1-22(2)17-13-11-9-10-12-15-20(29(8,23-3)24-4)28-19-21-16-14-18-30(25-5,26-6)27-7/h20-21H,9-19,28H2,1-8H3. The number of rotatable bonds is 21. The normalized spacial score (nSPS) is 14.3. The molecule has 30 heavy (non-hydrogen) atoms. The van der Waals surface area contributed by atoms with Crippen molar-refractivity contribution < 1.29 is 22.1 Å². The highest BCUT2D eigenvalue weighted by atomic mass is 28.4. The Morgan fingerprint density at radius 2 is 1.37 bits per heavy atom. The van der Waals surface area contributed by atoms with Crippen LogP contribution in [-0.2, 0) is 22.1 Å². The molecule has 0 fully saturated rings. The van der Waals surface area contributed by atoms with Crippen molar-refractivity contribution in [1.82, 2.24) is 10.2 Å². The topological polar surface area (TPSA) is 61.4 Å². The second-order valence-corrected chi connectivity index (χ2v) is 18.1. The zero-order valence-electron chi connectivity index (χ0n) is 21.1. The van der Waals surface area contributed by atoms with Crippen LogP contribution in [0.1, 0.15) is 44.9 Å². The predicted octanol–water partition coefficient (Wildman–Crippen LogP) is 2.57. The van der Waals surface area contributed by atoms with Gasteiger partial charge in [-0.3, -0.25) is 0 Å². The van der Waals surface area contributed by atoms with Crippen LogP contribution < -0.4 is 5.32 Å². The van der Waals surface area contributed by atoms with Crippen LogP contribution in [0.4, 0.5) is 0 Å². The van der Waals surface area contributed by atoms with Gasteiger partial charge in [0, 0.05) is 51.1 Å². The van der Waals surface area contributed by atoms with E-state index < -0.39 is 17.4 Å². The Balaban J connectivity index is 4.25. The molecule has 0 aromatic carbocycles. The maximum Gasteiger partial charge on any atom is 0.500 e. The largest absolute Gasteiger partial charge is 0.500 e. The Kier molecular flexibility index (Phi) is 18.1. The van der Waals surface area contributed by atoms with Gasteiger partial charge in [0.25, 0.3) is 0 Å². The van der Waals surface area contributed by atoms with Crippen LogP contribution in [0.3, 0.4) is 0 Å². The summed E-state index contributed by atoms with van der Waals surface area (Å²) in [6.07, 6.45) is 9.94. The highest BCUT2D eigenvalue weighted by Crippen LogP contribution is 2.28. The summed E-state index contributed by atoms with van der Waals surface area (Å²) in [5, 5.41) is 4.28. The van der Waals surface area contributed by atoms with Crippen molar-refractivity contribution >= 4 is 26.9 Å². The molecular formula is C20H50N2O5Si3. The van der Waals surface area contributed by atoms with Crippen molar-refractivity contribution in [2.45, 2.75) is 62.7 Å². The van der Waals surface area contributed by atoms with E-state index in [2.05, 4.69) is 30.9 Å². The van der Waals surface area contributed by atoms with Crippen molar-refractivity contribution in [2.75, 3.05) is 68.9 Å². The summed E-state index contributed by atoms with van der Waals surface area (Å²) < 4.78 is 28.3. The second-order valence-electron chi connectivity index (χ2n) is 8.42. The highest BCUT2D eigenvalue weighted by molar-refractivity contribution is 6.77. The minimum absolute atomic E-state index is 0.322. The molecule has 0 saturated carbocycles. The van der Waals surface area contributed by atoms with Gasteiger partial charge in [-0.25, -0.2) is 0 Å². The highest BCUT2D eigenvalue weighted by Gasteiger charge is 2.39. The Morgan fingerprint density at radius 3 is 1.90 bits per heavy atom. The first-order valence-electron chi connectivity index (χ1n) is 11.4. The third kappa shape index (κ3) is 12.4. The van der Waals surface area contributed by atoms with Gasteiger partial charge in [0.1, 0.15) is 0 Å². The van der Waals surface area contributed by atoms with E-state index in [0.717, 1.165) is 25.2 Å². The van der Waals surface area contributed by atoms with Gasteiger partial charge in [0.15, 0.2) is 0 Å². The Morgan fingerprint density at radius 1 is 0.800 bits per heavy atom. The molecule has 1 unspecified atom stereocenters. The van der Waals surface area contributed by atoms with Gasteiger partial charge in [-0.2, -0.15) is 0 Å². The molecule has 10 heteroatoms. The zero-order valence-corrected chi connectivity index (χ0v) is 24.5. The van der Waals surface area contributed by atoms with Crippen molar-refractivity contribution in [1.29, 1.82) is 0 Å². The lowest BCUT2D eigenvalue weighted by molar-refractivity contribution is 0.123. The van der Waals surface area contributed by atoms with E-state index in [-0.39, 0.29) is 9.52 Å². The molecule has 0 radical (unpaired) electrons. The fraction of sp³-hybridized carbons (Fsp3) is 1.00. The van der Waals surface area contributed by atoms with Crippen LogP contribution in [0, 0.1) is 0 Å². The van der Waals surface area contributed by atoms with E-state index in [1.807, 2.05) is 14.2 Å². The van der Waals surface area contributed by atoms with Crippen LogP contribution in [0.2, 0.25) is 17.8 Å². The van der Waals surface area contributed by atoms with Gasteiger partial charge in [-0.05, 0) is 57.9 Å². The molecule has 1 atom stereocenters. The first-order valence-corrected chi connectivity index (χ1v) is 17.6. The van der Waals surface area contributed by atoms with Crippen molar-refractivity contribution in [3.63, 3.8) is 0 Å². The van der Waals surface area contributed by atoms with E-state index >= 15 is 0 Å². The second kappa shape index (κ2) is 17.9. The van der Waals surface area contributed by atoms with Crippen molar-refractivity contribution in [2.24, 2.45) is 0 Å². The zero-order chi connectivity index (χ0) is 22.9. The molecule has 182 valence electrons. The molecule has 0 aliphatic carbocycles. The van der Waals surface area contributed by atoms with Crippen LogP contribution in [0.25, 0.3) is 0 Å². The summed E-state index contributed by atoms with van der Waals surface area (Å²) in [4.78, 5) is 2.27. The quantitative estimate of drug-likeness (QED) is 0.199. The summed E-state index contributed by atoms with van der Waals surface area (Å²) >= 11 is 0. The predicted molar refractivity (Wildman–Crippen MR) is 133 cm³/mol. The number of nitrogens with zero attached hydrogens (tertiary/aromatic N) is 1. The minimum atomic E-state index is -2.44. The third-order valence-corrected chi connectivity index (χ3v) is 17.2. The van der Waals surface area contributed by atoms with Crippen LogP contribution in [-0.4, -0.2) is 101 Å². The maximum atomic E-state index is 5.91. The summed E-state index contributed by atoms with van der Waals surface area (Å²) in [6.45, 7) is 4.40. The number of hydrogen-bond acceptors (Lipinski definition) is 7. The molecule has 0 heterocycles. The maximum absolute atomic E-state index is 5.91. The summed E-state index contributed by atoms with van der Waals surface area (Å²) in [6, 6.07) is 0.838. The average molecular weight is 483 g/mol. The van der Waals surface area contributed by atoms with E-state index in [1.165, 1.54) is 45.1 Å². The number of hydrogen-bond donors (Lipinski definition) is 1. The van der Waals surface area contributed by atoms with E-state index in [1.54, 1.807) is 21.3 Å². The summed E-state index contributed by atoms with van der Waals surface area (Å²) in [5.41, 5.74) is 0. The number of nitrogens with one attached hydrogen (secondary N) is 1. The molecule has 0 aliphatic heterocycles. The summed E-state index contributed by atoms with van der Waals surface area (Å²) in [5.74, 6) is 0. The SMILES string of the molecule is CO[Si](CCCNC[SiH2]C(CCCCCCCN(C)C)[Si](C)(OC)OC)(OC)OC. The molecule has 0 saturated heterocycles. The Bertz CT molecular complexity index is 392. The minimum Gasteiger partial charge on any atom is -0.398 e. The smallest absolute Gasteiger partial charge is 0.398 e. The van der Waals surface area contributed by atoms with Crippen LogP contribution in [0.15, 0.2) is 0 Å². The van der Waals surface area contributed by atoms with E-state index in [4.69, 9.17) is 22.1 Å². The molecule has 0 aliphatic rings. The van der Waals surface area contributed by atoms with E-state index in [0.29, 0.717) is 5.16 Å². The third-order valence-electron chi connectivity index (χ3n) is 6.15. The lowest BCUT2D eigenvalue weighted by Crippen LogP contribution is -2.46. The monoisotopic (exact) mass is 482 g/mol. The molecule has 1 N–H and O–H groups in total. The van der Waals surface area contributed by atoms with Gasteiger partial charge < -0.3 is 32.3 Å². The molecule has 0 aromatic rings. The summed E-state index contributed by atoms with van der Waals surface area (Å²) in [7, 11) is 8.14. The van der Waals surface area contributed by atoms with Gasteiger partial charge in [-0.1, -0.05) is 32.1 Å². The van der Waals surface area contributed by atoms with Crippen molar-refractivity contribution in [3.05, 3.63) is 0 Å². The molecule has 0 bridgehead atoms. The van der Waals surface area contributed by atoms with Gasteiger partial charge in [0.2, 0.25) is 0 Å². The fourth-order valence-electron chi connectivity index (χ4n) is 3.82. The first-order chi connectivity index (χ1) is 14.3. The molecule has 0 amide bonds. The Hall–Kier alpha value is 0.371. The lowest BCUT2D eigenvalue weighted by atomic mass is 10.1. The molecule has 0 rings (SSSR count). The van der Waals surface area contributed by atoms with Crippen molar-refractivity contribution in [3.8, 4) is 0 Å². The average Bonchev–Trinajstić information content (AvgIpc) is 2.76. The molecule has 0 spiro atoms. The molecular weight excluding hydrogens is 432 g/mol. The molecule has 7 nitrogen and oxygen atoms in total. The molecule has 0 aromatic heterocycles.